The first-order valence-electron chi connectivity index (χ1n) is 12.1. The maximum absolute atomic E-state index is 12.0. The van der Waals surface area contributed by atoms with Crippen molar-refractivity contribution in [2.75, 3.05) is 0 Å². The van der Waals surface area contributed by atoms with Crippen molar-refractivity contribution in [3.63, 3.8) is 0 Å². The Morgan fingerprint density at radius 2 is 1.00 bits per heavy atom. The Balaban J connectivity index is 0.000000230. The lowest BCUT2D eigenvalue weighted by atomic mass is 10.1. The number of amides is 2. The molecule has 216 valence electrons. The highest BCUT2D eigenvalue weighted by molar-refractivity contribution is 14.1. The van der Waals surface area contributed by atoms with Crippen molar-refractivity contribution in [1.29, 1.82) is 0 Å². The van der Waals surface area contributed by atoms with Crippen LogP contribution >= 0.6 is 90.4 Å². The van der Waals surface area contributed by atoms with E-state index in [4.69, 9.17) is 0 Å². The summed E-state index contributed by atoms with van der Waals surface area (Å²) in [6.45, 7) is 3.73. The van der Waals surface area contributed by atoms with Crippen molar-refractivity contribution in [2.24, 2.45) is 10.2 Å². The number of benzene rings is 4. The molecule has 42 heavy (non-hydrogen) atoms. The molecule has 0 bridgehead atoms. The average Bonchev–Trinajstić information content (AvgIpc) is 2.94. The van der Waals surface area contributed by atoms with Crippen LogP contribution < -0.4 is 10.9 Å². The molecule has 0 radical (unpaired) electrons. The first-order chi connectivity index (χ1) is 20.0. The maximum Gasteiger partial charge on any atom is 0.271 e. The molecule has 12 heteroatoms. The molecule has 0 saturated carbocycles. The van der Waals surface area contributed by atoms with Crippen molar-refractivity contribution in [3.8, 4) is 11.5 Å². The van der Waals surface area contributed by atoms with Crippen LogP contribution in [0.5, 0.6) is 11.5 Å². The third kappa shape index (κ3) is 9.87. The van der Waals surface area contributed by atoms with Crippen LogP contribution in [0, 0.1) is 28.1 Å². The molecule has 4 aromatic rings. The van der Waals surface area contributed by atoms with Gasteiger partial charge in [-0.2, -0.15) is 10.2 Å². The largest absolute Gasteiger partial charge is 0.506 e. The van der Waals surface area contributed by atoms with Gasteiger partial charge in [-0.25, -0.2) is 10.9 Å². The smallest absolute Gasteiger partial charge is 0.271 e. The second-order valence-corrected chi connectivity index (χ2v) is 13.5. The Morgan fingerprint density at radius 3 is 1.36 bits per heavy atom. The highest BCUT2D eigenvalue weighted by Gasteiger charge is 2.09. The molecule has 4 aromatic carbocycles. The number of carbonyl (C=O) groups is 2. The molecular formula is C30H24I4N4O4. The van der Waals surface area contributed by atoms with E-state index in [1.807, 2.05) is 50.2 Å². The van der Waals surface area contributed by atoms with Crippen molar-refractivity contribution in [3.05, 3.63) is 120 Å². The van der Waals surface area contributed by atoms with E-state index in [-0.39, 0.29) is 23.3 Å². The summed E-state index contributed by atoms with van der Waals surface area (Å²) in [6, 6.07) is 21.9. The number of hydrogen-bond acceptors (Lipinski definition) is 6. The summed E-state index contributed by atoms with van der Waals surface area (Å²) >= 11 is 8.42. The molecule has 8 nitrogen and oxygen atoms in total. The van der Waals surface area contributed by atoms with Gasteiger partial charge in [0, 0.05) is 29.4 Å². The van der Waals surface area contributed by atoms with E-state index in [2.05, 4.69) is 111 Å². The van der Waals surface area contributed by atoms with Gasteiger partial charge in [0.2, 0.25) is 0 Å². The number of carbonyl (C=O) groups excluding carboxylic acids is 2. The number of phenolic OH excluding ortho intramolecular Hbond substituents is 2. The fraction of sp³-hybridized carbons (Fsp3) is 0.0667. The molecule has 0 heterocycles. The van der Waals surface area contributed by atoms with Gasteiger partial charge in [0.05, 0.1) is 19.6 Å². The Morgan fingerprint density at radius 1 is 0.643 bits per heavy atom. The Hall–Kier alpha value is -2.32. The summed E-state index contributed by atoms with van der Waals surface area (Å²) in [6.07, 6.45) is 2.88. The molecule has 0 unspecified atom stereocenters. The Bertz CT molecular complexity index is 1550. The quantitative estimate of drug-likeness (QED) is 0.0918. The average molecular weight is 1010 g/mol. The van der Waals surface area contributed by atoms with Crippen molar-refractivity contribution in [1.82, 2.24) is 10.9 Å². The summed E-state index contributed by atoms with van der Waals surface area (Å²) in [5.41, 5.74) is 9.00. The minimum Gasteiger partial charge on any atom is -0.506 e. The normalized spacial score (nSPS) is 10.8. The van der Waals surface area contributed by atoms with Crippen molar-refractivity contribution in [2.45, 2.75) is 13.8 Å². The molecule has 0 aliphatic heterocycles. The number of nitrogens with zero attached hydrogens (tertiary/aromatic N) is 2. The van der Waals surface area contributed by atoms with Crippen LogP contribution in [0.1, 0.15) is 43.0 Å². The van der Waals surface area contributed by atoms with Gasteiger partial charge in [-0.05, 0) is 152 Å². The van der Waals surface area contributed by atoms with Crippen LogP contribution in [0.25, 0.3) is 0 Å². The van der Waals surface area contributed by atoms with E-state index in [1.165, 1.54) is 12.4 Å². The molecule has 4 rings (SSSR count). The van der Waals surface area contributed by atoms with Gasteiger partial charge >= 0.3 is 0 Å². The van der Waals surface area contributed by atoms with Crippen LogP contribution in [0.3, 0.4) is 0 Å². The van der Waals surface area contributed by atoms with Crippen molar-refractivity contribution < 1.29 is 19.8 Å². The van der Waals surface area contributed by atoms with Gasteiger partial charge < -0.3 is 10.2 Å². The zero-order valence-electron chi connectivity index (χ0n) is 22.2. The minimum absolute atomic E-state index is 0.157. The van der Waals surface area contributed by atoms with Crippen LogP contribution in [0.4, 0.5) is 0 Å². The fourth-order valence-corrected chi connectivity index (χ4v) is 7.24. The topological polar surface area (TPSA) is 123 Å². The molecule has 0 saturated heterocycles. The number of rotatable bonds is 6. The molecule has 0 aliphatic rings. The molecule has 4 N–H and O–H groups in total. The predicted molar refractivity (Wildman–Crippen MR) is 200 cm³/mol. The summed E-state index contributed by atoms with van der Waals surface area (Å²) in [5.74, 6) is -0.233. The van der Waals surface area contributed by atoms with Gasteiger partial charge in [-0.3, -0.25) is 9.59 Å². The number of hydrazone groups is 2. The number of phenols is 2. The van der Waals surface area contributed by atoms with Gasteiger partial charge in [0.15, 0.2) is 0 Å². The summed E-state index contributed by atoms with van der Waals surface area (Å²) < 4.78 is 3.46. The number of aryl methyl sites for hydroxylation is 2. The highest BCUT2D eigenvalue weighted by Crippen LogP contribution is 2.26. The number of hydrogen-bond donors (Lipinski definition) is 4. The third-order valence-corrected chi connectivity index (χ3v) is 8.52. The lowest BCUT2D eigenvalue weighted by Crippen LogP contribution is -2.18. The molecule has 0 aliphatic carbocycles. The zero-order chi connectivity index (χ0) is 30.8. The van der Waals surface area contributed by atoms with Gasteiger partial charge in [-0.15, -0.1) is 0 Å². The SMILES string of the molecule is Cc1ccccc1C(=O)N/N=C/c1cc(I)cc(I)c1O.Cc1ccccc1C(=O)N/N=C/c1cc(I)cc(I)c1O. The van der Waals surface area contributed by atoms with Crippen LogP contribution in [0.2, 0.25) is 0 Å². The van der Waals surface area contributed by atoms with E-state index in [0.29, 0.717) is 22.3 Å². The van der Waals surface area contributed by atoms with Crippen LogP contribution in [-0.2, 0) is 0 Å². The third-order valence-electron chi connectivity index (χ3n) is 5.63. The second kappa shape index (κ2) is 16.5. The summed E-state index contributed by atoms with van der Waals surface area (Å²) in [4.78, 5) is 24.0. The van der Waals surface area contributed by atoms with E-state index < -0.39 is 0 Å². The van der Waals surface area contributed by atoms with Gasteiger partial charge in [0.25, 0.3) is 11.8 Å². The second-order valence-electron chi connectivity index (χ2n) is 8.68. The van der Waals surface area contributed by atoms with E-state index >= 15 is 0 Å². The lowest BCUT2D eigenvalue weighted by Gasteiger charge is -2.04. The van der Waals surface area contributed by atoms with E-state index in [9.17, 15) is 19.8 Å². The van der Waals surface area contributed by atoms with E-state index in [1.54, 1.807) is 36.4 Å². The predicted octanol–water partition coefficient (Wildman–Crippen LogP) is 7.35. The van der Waals surface area contributed by atoms with Gasteiger partial charge in [-0.1, -0.05) is 36.4 Å². The Kier molecular flexibility index (Phi) is 13.4. The molecule has 0 fully saturated rings. The van der Waals surface area contributed by atoms with Crippen LogP contribution in [0.15, 0.2) is 83.0 Å². The zero-order valence-corrected chi connectivity index (χ0v) is 30.8. The van der Waals surface area contributed by atoms with Crippen LogP contribution in [-0.4, -0.2) is 34.5 Å². The number of nitrogens with one attached hydrogen (secondary N) is 2. The fourth-order valence-electron chi connectivity index (χ4n) is 3.47. The standard InChI is InChI=1S/2C15H12I2N2O2/c2*1-9-4-2-3-5-12(9)15(21)19-18-8-10-6-11(16)7-13(17)14(10)20/h2*2-8,20H,1H3,(H,19,21)/b2*18-8+. The molecule has 0 aromatic heterocycles. The van der Waals surface area contributed by atoms with Crippen molar-refractivity contribution >= 4 is 115 Å². The molecular weight excluding hydrogens is 988 g/mol. The Labute approximate surface area is 298 Å². The highest BCUT2D eigenvalue weighted by atomic mass is 127. The van der Waals surface area contributed by atoms with Gasteiger partial charge in [0.1, 0.15) is 11.5 Å². The summed E-state index contributed by atoms with van der Waals surface area (Å²) in [5, 5.41) is 27.7. The first kappa shape index (κ1) is 34.2. The molecule has 2 amide bonds. The number of halogens is 4. The summed E-state index contributed by atoms with van der Waals surface area (Å²) in [7, 11) is 0. The monoisotopic (exact) mass is 1010 g/mol. The molecule has 0 atom stereocenters. The maximum atomic E-state index is 12.0. The first-order valence-corrected chi connectivity index (χ1v) is 16.4. The minimum atomic E-state index is -0.274. The van der Waals surface area contributed by atoms with E-state index in [0.717, 1.165) is 25.4 Å². The number of aromatic hydroxyl groups is 2. The lowest BCUT2D eigenvalue weighted by molar-refractivity contribution is 0.0946. The molecule has 0 spiro atoms.